The highest BCUT2D eigenvalue weighted by atomic mass is 32.2. The van der Waals surface area contributed by atoms with Crippen molar-refractivity contribution in [3.63, 3.8) is 0 Å². The number of nitrogens with one attached hydrogen (secondary N) is 2. The van der Waals surface area contributed by atoms with E-state index in [1.54, 1.807) is 18.2 Å². The van der Waals surface area contributed by atoms with Crippen LogP contribution in [-0.4, -0.2) is 46.7 Å². The van der Waals surface area contributed by atoms with Crippen LogP contribution in [0.5, 0.6) is 0 Å². The zero-order valence-electron chi connectivity index (χ0n) is 16.2. The predicted octanol–water partition coefficient (Wildman–Crippen LogP) is 1.90. The minimum absolute atomic E-state index is 0.158. The average molecular weight is 438 g/mol. The molecule has 3 rings (SSSR count). The van der Waals surface area contributed by atoms with Crippen molar-refractivity contribution in [1.82, 2.24) is 5.32 Å². The van der Waals surface area contributed by atoms with Crippen molar-refractivity contribution < 1.29 is 22.7 Å². The fourth-order valence-corrected chi connectivity index (χ4v) is 4.90. The summed E-state index contributed by atoms with van der Waals surface area (Å²) in [7, 11) is -1.88. The second-order valence-corrected chi connectivity index (χ2v) is 9.41. The highest BCUT2D eigenvalue weighted by Gasteiger charge is 2.25. The van der Waals surface area contributed by atoms with E-state index in [2.05, 4.69) is 10.6 Å². The number of benzene rings is 1. The second kappa shape index (κ2) is 8.93. The Morgan fingerprint density at radius 1 is 1.28 bits per heavy atom. The van der Waals surface area contributed by atoms with Gasteiger partial charge in [-0.15, -0.1) is 0 Å². The van der Waals surface area contributed by atoms with Crippen molar-refractivity contribution in [2.75, 3.05) is 36.1 Å². The van der Waals surface area contributed by atoms with E-state index in [1.807, 2.05) is 16.8 Å². The molecule has 0 radical (unpaired) electrons. The molecule has 2 amide bonds. The Hall–Kier alpha value is -2.43. The third kappa shape index (κ3) is 5.14. The molecule has 2 heterocycles. The molecule has 156 valence electrons. The molecule has 0 saturated carbocycles. The molecule has 10 heteroatoms. The molecule has 29 heavy (non-hydrogen) atoms. The number of thiophene rings is 1. The number of rotatable bonds is 6. The summed E-state index contributed by atoms with van der Waals surface area (Å²) in [6.45, 7) is 0.552. The van der Waals surface area contributed by atoms with Crippen LogP contribution < -0.4 is 14.9 Å². The Labute approximate surface area is 173 Å². The zero-order chi connectivity index (χ0) is 21.0. The maximum absolute atomic E-state index is 12.3. The number of anilines is 2. The Balaban J connectivity index is 1.65. The van der Waals surface area contributed by atoms with Gasteiger partial charge in [-0.05, 0) is 52.9 Å². The quantitative estimate of drug-likeness (QED) is 0.672. The zero-order valence-corrected chi connectivity index (χ0v) is 17.8. The summed E-state index contributed by atoms with van der Waals surface area (Å²) in [5.74, 6) is -1.62. The summed E-state index contributed by atoms with van der Waals surface area (Å²) in [6.07, 6.45) is 2.31. The number of aryl methyl sites for hydroxylation is 1. The summed E-state index contributed by atoms with van der Waals surface area (Å²) in [5.41, 5.74) is 2.71. The molecule has 0 saturated heterocycles. The van der Waals surface area contributed by atoms with Gasteiger partial charge in [-0.2, -0.15) is 11.3 Å². The predicted molar refractivity (Wildman–Crippen MR) is 113 cm³/mol. The van der Waals surface area contributed by atoms with E-state index in [1.165, 1.54) is 22.8 Å². The van der Waals surface area contributed by atoms with Crippen molar-refractivity contribution in [1.29, 1.82) is 0 Å². The van der Waals surface area contributed by atoms with Gasteiger partial charge in [0.25, 0.3) is 0 Å². The molecule has 1 aromatic heterocycles. The van der Waals surface area contributed by atoms with Crippen LogP contribution >= 0.6 is 11.3 Å². The van der Waals surface area contributed by atoms with E-state index in [-0.39, 0.29) is 12.6 Å². The van der Waals surface area contributed by atoms with Gasteiger partial charge >= 0.3 is 11.8 Å². The number of carbonyl (C=O) groups excluding carboxylic acids is 2. The lowest BCUT2D eigenvalue weighted by Crippen LogP contribution is -2.38. The van der Waals surface area contributed by atoms with Gasteiger partial charge in [0.05, 0.1) is 11.9 Å². The van der Waals surface area contributed by atoms with Gasteiger partial charge in [0, 0.05) is 25.9 Å². The molecule has 1 aliphatic heterocycles. The fourth-order valence-electron chi connectivity index (χ4n) is 3.21. The summed E-state index contributed by atoms with van der Waals surface area (Å²) in [5, 5.41) is 8.91. The van der Waals surface area contributed by atoms with E-state index in [0.29, 0.717) is 17.9 Å². The summed E-state index contributed by atoms with van der Waals surface area (Å²) in [6, 6.07) is 6.92. The molecule has 0 spiro atoms. The summed E-state index contributed by atoms with van der Waals surface area (Å²) >= 11 is 1.52. The molecule has 0 bridgehead atoms. The maximum Gasteiger partial charge on any atom is 0.313 e. The monoisotopic (exact) mass is 437 g/mol. The number of ether oxygens (including phenoxy) is 1. The van der Waals surface area contributed by atoms with Crippen LogP contribution in [0.4, 0.5) is 11.4 Å². The van der Waals surface area contributed by atoms with Crippen molar-refractivity contribution >= 4 is 44.5 Å². The van der Waals surface area contributed by atoms with Crippen LogP contribution in [0.15, 0.2) is 35.0 Å². The SMILES string of the molecule is CO[C@H](CNC(=O)C(=O)Nc1ccc2c(c1)N(S(C)(=O)=O)CCC2)c1ccsc1. The number of methoxy groups -OCH3 is 1. The molecule has 2 aromatic rings. The van der Waals surface area contributed by atoms with Gasteiger partial charge < -0.3 is 15.4 Å². The molecule has 2 N–H and O–H groups in total. The number of carbonyl (C=O) groups is 2. The first-order valence-electron chi connectivity index (χ1n) is 9.04. The lowest BCUT2D eigenvalue weighted by atomic mass is 10.0. The minimum atomic E-state index is -3.42. The van der Waals surface area contributed by atoms with Crippen molar-refractivity contribution in [3.8, 4) is 0 Å². The van der Waals surface area contributed by atoms with Crippen LogP contribution in [0.1, 0.15) is 23.7 Å². The lowest BCUT2D eigenvalue weighted by molar-refractivity contribution is -0.136. The molecule has 0 fully saturated rings. The number of nitrogens with zero attached hydrogens (tertiary/aromatic N) is 1. The van der Waals surface area contributed by atoms with E-state index in [4.69, 9.17) is 4.74 Å². The Bertz CT molecular complexity index is 989. The first-order valence-corrected chi connectivity index (χ1v) is 11.8. The van der Waals surface area contributed by atoms with Crippen molar-refractivity contribution in [2.45, 2.75) is 18.9 Å². The number of amides is 2. The highest BCUT2D eigenvalue weighted by Crippen LogP contribution is 2.31. The molecule has 0 unspecified atom stereocenters. The lowest BCUT2D eigenvalue weighted by Gasteiger charge is -2.29. The fraction of sp³-hybridized carbons (Fsp3) is 0.368. The minimum Gasteiger partial charge on any atom is -0.375 e. The van der Waals surface area contributed by atoms with Gasteiger partial charge in [-0.25, -0.2) is 8.42 Å². The third-order valence-electron chi connectivity index (χ3n) is 4.67. The molecular formula is C19H23N3O5S2. The van der Waals surface area contributed by atoms with E-state index >= 15 is 0 Å². The van der Waals surface area contributed by atoms with E-state index < -0.39 is 21.8 Å². The molecular weight excluding hydrogens is 414 g/mol. The standard InChI is InChI=1S/C19H23N3O5S2/c1-27-17(14-7-9-28-12-14)11-20-18(23)19(24)21-15-6-5-13-4-3-8-22(16(13)10-15)29(2,25)26/h5-7,9-10,12,17H,3-4,8,11H2,1-2H3,(H,20,23)(H,21,24)/t17-/m1/s1. The van der Waals surface area contributed by atoms with E-state index in [9.17, 15) is 18.0 Å². The van der Waals surface area contributed by atoms with Crippen LogP contribution in [0.3, 0.4) is 0 Å². The van der Waals surface area contributed by atoms with Crippen LogP contribution in [-0.2, 0) is 30.8 Å². The van der Waals surface area contributed by atoms with Crippen LogP contribution in [0.2, 0.25) is 0 Å². The largest absolute Gasteiger partial charge is 0.375 e. The van der Waals surface area contributed by atoms with Gasteiger partial charge in [0.2, 0.25) is 10.0 Å². The Morgan fingerprint density at radius 2 is 2.07 bits per heavy atom. The van der Waals surface area contributed by atoms with Crippen molar-refractivity contribution in [3.05, 3.63) is 46.2 Å². The molecule has 1 aromatic carbocycles. The topological polar surface area (TPSA) is 105 Å². The van der Waals surface area contributed by atoms with Gasteiger partial charge in [-0.3, -0.25) is 13.9 Å². The maximum atomic E-state index is 12.3. The van der Waals surface area contributed by atoms with E-state index in [0.717, 1.165) is 30.2 Å². The molecule has 0 aliphatic carbocycles. The third-order valence-corrected chi connectivity index (χ3v) is 6.55. The smallest absolute Gasteiger partial charge is 0.313 e. The summed E-state index contributed by atoms with van der Waals surface area (Å²) in [4.78, 5) is 24.4. The van der Waals surface area contributed by atoms with Crippen LogP contribution in [0.25, 0.3) is 0 Å². The number of hydrogen-bond acceptors (Lipinski definition) is 6. The molecule has 1 atom stereocenters. The number of sulfonamides is 1. The number of hydrogen-bond donors (Lipinski definition) is 2. The first kappa shape index (κ1) is 21.3. The van der Waals surface area contributed by atoms with Gasteiger partial charge in [0.15, 0.2) is 0 Å². The molecule has 8 nitrogen and oxygen atoms in total. The molecule has 1 aliphatic rings. The average Bonchev–Trinajstić information content (AvgIpc) is 3.21. The van der Waals surface area contributed by atoms with Gasteiger partial charge in [-0.1, -0.05) is 6.07 Å². The summed E-state index contributed by atoms with van der Waals surface area (Å²) < 4.78 is 30.7. The Kier molecular flexibility index (Phi) is 6.56. The van der Waals surface area contributed by atoms with Crippen molar-refractivity contribution in [2.24, 2.45) is 0 Å². The van der Waals surface area contributed by atoms with Crippen LogP contribution in [0, 0.1) is 0 Å². The first-order chi connectivity index (χ1) is 13.8. The highest BCUT2D eigenvalue weighted by molar-refractivity contribution is 7.92. The normalized spacial score (nSPS) is 14.8. The Morgan fingerprint density at radius 3 is 2.72 bits per heavy atom. The van der Waals surface area contributed by atoms with Gasteiger partial charge in [0.1, 0.15) is 6.10 Å². The number of fused-ring (bicyclic) bond motifs is 1. The second-order valence-electron chi connectivity index (χ2n) is 6.73.